The number of halogens is 3. The molecule has 1 aromatic carbocycles. The number of aromatic amines is 1. The van der Waals surface area contributed by atoms with E-state index in [2.05, 4.69) is 20.9 Å². The summed E-state index contributed by atoms with van der Waals surface area (Å²) in [6.07, 6.45) is 0.980. The van der Waals surface area contributed by atoms with Gasteiger partial charge in [0.1, 0.15) is 0 Å². The molecule has 0 aliphatic carbocycles. The third-order valence-corrected chi connectivity index (χ3v) is 3.51. The van der Waals surface area contributed by atoms with Crippen LogP contribution in [-0.2, 0) is 0 Å². The zero-order valence-corrected chi connectivity index (χ0v) is 10.4. The van der Waals surface area contributed by atoms with Gasteiger partial charge >= 0.3 is 0 Å². The number of anilines is 1. The molecule has 0 aliphatic rings. The summed E-state index contributed by atoms with van der Waals surface area (Å²) < 4.78 is 13.8. The van der Waals surface area contributed by atoms with Gasteiger partial charge in [0.15, 0.2) is 11.5 Å². The Morgan fingerprint density at radius 2 is 2.12 bits per heavy atom. The van der Waals surface area contributed by atoms with E-state index in [1.54, 1.807) is 0 Å². The molecule has 0 aliphatic heterocycles. The lowest BCUT2D eigenvalue weighted by Gasteiger charge is -2.09. The molecule has 0 atom stereocenters. The molecule has 17 heavy (non-hydrogen) atoms. The van der Waals surface area contributed by atoms with Crippen LogP contribution in [0.15, 0.2) is 21.5 Å². The molecule has 0 unspecified atom stereocenters. The Morgan fingerprint density at radius 3 is 2.71 bits per heavy atom. The summed E-state index contributed by atoms with van der Waals surface area (Å²) in [4.78, 5) is 14.2. The van der Waals surface area contributed by atoms with Gasteiger partial charge in [-0.3, -0.25) is 15.2 Å². The van der Waals surface area contributed by atoms with E-state index >= 15 is 0 Å². The highest BCUT2D eigenvalue weighted by molar-refractivity contribution is 9.10. The van der Waals surface area contributed by atoms with Gasteiger partial charge in [0.25, 0.3) is 0 Å². The first-order valence-electron chi connectivity index (χ1n) is 4.30. The van der Waals surface area contributed by atoms with Crippen molar-refractivity contribution >= 4 is 44.1 Å². The molecule has 2 rings (SSSR count). The highest BCUT2D eigenvalue weighted by Crippen LogP contribution is 2.30. The second-order valence-corrected chi connectivity index (χ2v) is 4.40. The Morgan fingerprint density at radius 1 is 1.47 bits per heavy atom. The second kappa shape index (κ2) is 4.26. The minimum atomic E-state index is -0.753. The average Bonchev–Trinajstić information content (AvgIpc) is 2.27. The molecule has 0 saturated carbocycles. The first kappa shape index (κ1) is 12.3. The Kier molecular flexibility index (Phi) is 3.09. The van der Waals surface area contributed by atoms with Crippen LogP contribution in [-0.4, -0.2) is 15.4 Å². The minimum absolute atomic E-state index is 0.0140. The van der Waals surface area contributed by atoms with Crippen molar-refractivity contribution in [2.24, 2.45) is 0 Å². The normalized spacial score (nSPS) is 10.9. The number of hydrogen-bond acceptors (Lipinski definition) is 4. The standard InChI is InChI=1S/C9H5BrClFN2O3/c10-6-4(11)1-3-8(7(6)12)13-2-5(9(3)15)14(16)17/h1-2,16-17H,(H,13,15). The molecule has 0 fully saturated rings. The van der Waals surface area contributed by atoms with Crippen molar-refractivity contribution in [2.75, 3.05) is 5.23 Å². The van der Waals surface area contributed by atoms with Crippen molar-refractivity contribution in [2.45, 2.75) is 0 Å². The number of H-pyrrole nitrogens is 1. The number of fused-ring (bicyclic) bond motifs is 1. The van der Waals surface area contributed by atoms with Crippen molar-refractivity contribution in [3.63, 3.8) is 0 Å². The number of rotatable bonds is 1. The minimum Gasteiger partial charge on any atom is -0.357 e. The fraction of sp³-hybridized carbons (Fsp3) is 0. The third-order valence-electron chi connectivity index (χ3n) is 2.21. The maximum absolute atomic E-state index is 13.7. The molecule has 90 valence electrons. The summed E-state index contributed by atoms with van der Waals surface area (Å²) in [5.41, 5.74) is -1.26. The molecule has 0 amide bonds. The van der Waals surface area contributed by atoms with Gasteiger partial charge in [0.05, 0.1) is 20.4 Å². The summed E-state index contributed by atoms with van der Waals surface area (Å²) in [6.45, 7) is 0. The van der Waals surface area contributed by atoms with Crippen molar-refractivity contribution in [1.29, 1.82) is 0 Å². The van der Waals surface area contributed by atoms with Crippen LogP contribution in [0.3, 0.4) is 0 Å². The van der Waals surface area contributed by atoms with E-state index in [9.17, 15) is 9.18 Å². The summed E-state index contributed by atoms with van der Waals surface area (Å²) >= 11 is 8.65. The second-order valence-electron chi connectivity index (χ2n) is 3.20. The summed E-state index contributed by atoms with van der Waals surface area (Å²) in [5, 5.41) is 17.2. The fourth-order valence-corrected chi connectivity index (χ4v) is 1.91. The average molecular weight is 324 g/mol. The van der Waals surface area contributed by atoms with E-state index in [0.29, 0.717) is 0 Å². The van der Waals surface area contributed by atoms with E-state index in [1.165, 1.54) is 6.07 Å². The first-order chi connectivity index (χ1) is 7.93. The molecule has 8 heteroatoms. The van der Waals surface area contributed by atoms with Gasteiger partial charge in [-0.15, -0.1) is 5.23 Å². The quantitative estimate of drug-likeness (QED) is 0.557. The molecule has 2 aromatic rings. The molecule has 3 N–H and O–H groups in total. The number of pyridine rings is 1. The summed E-state index contributed by atoms with van der Waals surface area (Å²) in [7, 11) is 0. The molecule has 0 saturated heterocycles. The van der Waals surface area contributed by atoms with Gasteiger partial charge in [-0.1, -0.05) is 11.6 Å². The predicted octanol–water partition coefficient (Wildman–Crippen LogP) is 2.67. The Balaban J connectivity index is 2.93. The van der Waals surface area contributed by atoms with Crippen molar-refractivity contribution in [1.82, 2.24) is 4.98 Å². The Labute approximate surface area is 107 Å². The molecule has 1 aromatic heterocycles. The van der Waals surface area contributed by atoms with Gasteiger partial charge in [0, 0.05) is 6.20 Å². The number of aromatic nitrogens is 1. The lowest BCUT2D eigenvalue weighted by atomic mass is 10.2. The topological polar surface area (TPSA) is 76.6 Å². The lowest BCUT2D eigenvalue weighted by molar-refractivity contribution is 0.0285. The fourth-order valence-electron chi connectivity index (χ4n) is 1.41. The Hall–Kier alpha value is -1.15. The van der Waals surface area contributed by atoms with Crippen LogP contribution in [0.25, 0.3) is 10.9 Å². The monoisotopic (exact) mass is 322 g/mol. The molecular weight excluding hydrogens is 318 g/mol. The van der Waals surface area contributed by atoms with E-state index < -0.39 is 16.9 Å². The largest absolute Gasteiger partial charge is 0.357 e. The molecule has 0 spiro atoms. The zero-order chi connectivity index (χ0) is 12.7. The van der Waals surface area contributed by atoms with Gasteiger partial charge in [0.2, 0.25) is 5.43 Å². The van der Waals surface area contributed by atoms with Crippen molar-refractivity contribution < 1.29 is 14.8 Å². The number of nitrogens with one attached hydrogen (secondary N) is 1. The van der Waals surface area contributed by atoms with E-state index in [1.807, 2.05) is 0 Å². The SMILES string of the molecule is O=c1c(N(O)O)c[nH]c2c(F)c(Br)c(Cl)cc12. The van der Waals surface area contributed by atoms with Crippen LogP contribution in [0.1, 0.15) is 0 Å². The molecule has 1 heterocycles. The van der Waals surface area contributed by atoms with Gasteiger partial charge in [-0.05, 0) is 22.0 Å². The molecule has 0 radical (unpaired) electrons. The zero-order valence-electron chi connectivity index (χ0n) is 8.04. The number of nitrogens with zero attached hydrogens (tertiary/aromatic N) is 1. The van der Waals surface area contributed by atoms with E-state index in [-0.39, 0.29) is 25.6 Å². The highest BCUT2D eigenvalue weighted by atomic mass is 79.9. The van der Waals surface area contributed by atoms with Gasteiger partial charge in [-0.25, -0.2) is 4.39 Å². The van der Waals surface area contributed by atoms with Crippen LogP contribution >= 0.6 is 27.5 Å². The van der Waals surface area contributed by atoms with Crippen LogP contribution < -0.4 is 10.7 Å². The summed E-state index contributed by atoms with van der Waals surface area (Å²) in [5.74, 6) is -0.724. The number of hydrogen-bond donors (Lipinski definition) is 3. The van der Waals surface area contributed by atoms with Crippen LogP contribution in [0.5, 0.6) is 0 Å². The van der Waals surface area contributed by atoms with Gasteiger partial charge in [-0.2, -0.15) is 0 Å². The number of benzene rings is 1. The lowest BCUT2D eigenvalue weighted by Crippen LogP contribution is -2.20. The predicted molar refractivity (Wildman–Crippen MR) is 63.3 cm³/mol. The van der Waals surface area contributed by atoms with E-state index in [0.717, 1.165) is 6.20 Å². The smallest absolute Gasteiger partial charge is 0.217 e. The Bertz CT molecular complexity index is 659. The van der Waals surface area contributed by atoms with E-state index in [4.69, 9.17) is 22.0 Å². The van der Waals surface area contributed by atoms with Crippen LogP contribution in [0.4, 0.5) is 10.1 Å². The molecule has 5 nitrogen and oxygen atoms in total. The van der Waals surface area contributed by atoms with Gasteiger partial charge < -0.3 is 4.98 Å². The molecular formula is C9H5BrClFN2O3. The van der Waals surface area contributed by atoms with Crippen LogP contribution in [0.2, 0.25) is 5.02 Å². The highest BCUT2D eigenvalue weighted by Gasteiger charge is 2.16. The summed E-state index contributed by atoms with van der Waals surface area (Å²) in [6, 6.07) is 1.23. The maximum atomic E-state index is 13.7. The first-order valence-corrected chi connectivity index (χ1v) is 5.47. The van der Waals surface area contributed by atoms with Crippen molar-refractivity contribution in [3.05, 3.63) is 37.8 Å². The maximum Gasteiger partial charge on any atom is 0.217 e. The third kappa shape index (κ3) is 1.91. The molecule has 0 bridgehead atoms. The van der Waals surface area contributed by atoms with Crippen LogP contribution in [0, 0.1) is 5.82 Å². The van der Waals surface area contributed by atoms with Crippen molar-refractivity contribution in [3.8, 4) is 0 Å².